The van der Waals surface area contributed by atoms with E-state index in [0.29, 0.717) is 29.8 Å². The molecule has 1 heterocycles. The molecular weight excluding hydrogens is 316 g/mol. The molecule has 1 aromatic heterocycles. The molecule has 0 radical (unpaired) electrons. The molecule has 2 N–H and O–H groups in total. The van der Waals surface area contributed by atoms with Crippen LogP contribution in [0.1, 0.15) is 13.8 Å². The number of fused-ring (bicyclic) bond motifs is 1. The van der Waals surface area contributed by atoms with Gasteiger partial charge in [0.25, 0.3) is 0 Å². The molecule has 0 aliphatic heterocycles. The lowest BCUT2D eigenvalue weighted by Crippen LogP contribution is -2.32. The summed E-state index contributed by atoms with van der Waals surface area (Å²) < 4.78 is 23.4. The van der Waals surface area contributed by atoms with Gasteiger partial charge in [0.1, 0.15) is 12.1 Å². The van der Waals surface area contributed by atoms with Crippen LogP contribution in [0.25, 0.3) is 10.9 Å². The quantitative estimate of drug-likeness (QED) is 0.769. The number of carbonyl (C=O) groups excluding carboxylic acids is 1. The van der Waals surface area contributed by atoms with E-state index in [-0.39, 0.29) is 16.7 Å². The summed E-state index contributed by atoms with van der Waals surface area (Å²) in [4.78, 5) is 20.0. The third kappa shape index (κ3) is 4.38. The van der Waals surface area contributed by atoms with Crippen LogP contribution in [0.4, 0.5) is 5.82 Å². The molecule has 23 heavy (non-hydrogen) atoms. The first-order chi connectivity index (χ1) is 10.8. The molecule has 0 aliphatic carbocycles. The molecule has 2 rings (SSSR count). The zero-order valence-electron chi connectivity index (χ0n) is 13.3. The number of benzene rings is 1. The summed E-state index contributed by atoms with van der Waals surface area (Å²) in [6.45, 7) is 4.59. The summed E-state index contributed by atoms with van der Waals surface area (Å²) in [5.41, 5.74) is 0.654. The fourth-order valence-corrected chi connectivity index (χ4v) is 2.63. The van der Waals surface area contributed by atoms with Gasteiger partial charge in [-0.1, -0.05) is 13.8 Å². The second-order valence-corrected chi connectivity index (χ2v) is 7.56. The third-order valence-electron chi connectivity index (χ3n) is 3.28. The lowest BCUT2D eigenvalue weighted by Gasteiger charge is -2.11. The summed E-state index contributed by atoms with van der Waals surface area (Å²) >= 11 is 0. The van der Waals surface area contributed by atoms with Gasteiger partial charge in [-0.15, -0.1) is 0 Å². The van der Waals surface area contributed by atoms with Crippen molar-refractivity contribution < 1.29 is 13.2 Å². The highest BCUT2D eigenvalue weighted by Gasteiger charge is 2.11. The van der Waals surface area contributed by atoms with Crippen molar-refractivity contribution in [1.82, 2.24) is 15.3 Å². The minimum Gasteiger partial charge on any atom is -0.368 e. The van der Waals surface area contributed by atoms with Gasteiger partial charge in [-0.2, -0.15) is 0 Å². The number of anilines is 1. The van der Waals surface area contributed by atoms with E-state index in [1.165, 1.54) is 12.4 Å². The molecule has 0 fully saturated rings. The topological polar surface area (TPSA) is 101 Å². The second-order valence-electron chi connectivity index (χ2n) is 5.55. The zero-order chi connectivity index (χ0) is 17.0. The van der Waals surface area contributed by atoms with Gasteiger partial charge in [-0.05, 0) is 18.2 Å². The molecular formula is C15H20N4O3S. The highest BCUT2D eigenvalue weighted by molar-refractivity contribution is 7.90. The number of rotatable bonds is 6. The Hall–Kier alpha value is -2.22. The Bertz CT molecular complexity index is 819. The Morgan fingerprint density at radius 3 is 2.61 bits per heavy atom. The summed E-state index contributed by atoms with van der Waals surface area (Å²) in [6.07, 6.45) is 2.57. The van der Waals surface area contributed by atoms with Crippen molar-refractivity contribution in [1.29, 1.82) is 0 Å². The van der Waals surface area contributed by atoms with Crippen LogP contribution >= 0.6 is 0 Å². The first-order valence-electron chi connectivity index (χ1n) is 7.25. The summed E-state index contributed by atoms with van der Waals surface area (Å²) in [5, 5.41) is 6.53. The standard InChI is InChI=1S/C15H20N4O3S/c1-10(2)15(20)17-7-6-16-14-12-8-11(23(3,21)22)4-5-13(12)18-9-19-14/h4-5,8-10H,6-7H2,1-3H3,(H,17,20)(H,16,18,19). The Kier molecular flexibility index (Phi) is 5.15. The summed E-state index contributed by atoms with van der Waals surface area (Å²) in [7, 11) is -3.30. The van der Waals surface area contributed by atoms with E-state index in [2.05, 4.69) is 20.6 Å². The number of aromatic nitrogens is 2. The van der Waals surface area contributed by atoms with Gasteiger partial charge in [-0.25, -0.2) is 18.4 Å². The van der Waals surface area contributed by atoms with Crippen LogP contribution in [0.15, 0.2) is 29.4 Å². The van der Waals surface area contributed by atoms with Crippen molar-refractivity contribution >= 4 is 32.5 Å². The van der Waals surface area contributed by atoms with E-state index in [0.717, 1.165) is 6.26 Å². The van der Waals surface area contributed by atoms with Gasteiger partial charge in [0.15, 0.2) is 9.84 Å². The van der Waals surface area contributed by atoms with E-state index in [4.69, 9.17) is 0 Å². The lowest BCUT2D eigenvalue weighted by molar-refractivity contribution is -0.123. The van der Waals surface area contributed by atoms with Crippen LogP contribution in [-0.2, 0) is 14.6 Å². The molecule has 1 amide bonds. The van der Waals surface area contributed by atoms with E-state index < -0.39 is 9.84 Å². The maximum absolute atomic E-state index is 11.7. The minimum absolute atomic E-state index is 0.0151. The van der Waals surface area contributed by atoms with Crippen LogP contribution in [0.3, 0.4) is 0 Å². The van der Waals surface area contributed by atoms with Gasteiger partial charge in [-0.3, -0.25) is 4.79 Å². The average Bonchev–Trinajstić information content (AvgIpc) is 2.49. The van der Waals surface area contributed by atoms with Crippen molar-refractivity contribution in [3.63, 3.8) is 0 Å². The molecule has 0 bridgehead atoms. The average molecular weight is 336 g/mol. The van der Waals surface area contributed by atoms with Crippen molar-refractivity contribution in [3.05, 3.63) is 24.5 Å². The normalized spacial score (nSPS) is 11.7. The maximum atomic E-state index is 11.7. The number of hydrogen-bond donors (Lipinski definition) is 2. The molecule has 0 aliphatic rings. The molecule has 124 valence electrons. The van der Waals surface area contributed by atoms with Crippen LogP contribution in [0.5, 0.6) is 0 Å². The van der Waals surface area contributed by atoms with Crippen molar-refractivity contribution in [3.8, 4) is 0 Å². The Labute approximate surface area is 135 Å². The van der Waals surface area contributed by atoms with Gasteiger partial charge < -0.3 is 10.6 Å². The molecule has 0 saturated heterocycles. The number of carbonyl (C=O) groups is 1. The molecule has 0 unspecified atom stereocenters. The largest absolute Gasteiger partial charge is 0.368 e. The van der Waals surface area contributed by atoms with Gasteiger partial charge in [0.2, 0.25) is 5.91 Å². The van der Waals surface area contributed by atoms with E-state index in [1.807, 2.05) is 13.8 Å². The zero-order valence-corrected chi connectivity index (χ0v) is 14.1. The maximum Gasteiger partial charge on any atom is 0.222 e. The lowest BCUT2D eigenvalue weighted by atomic mass is 10.2. The number of nitrogens with zero attached hydrogens (tertiary/aromatic N) is 2. The van der Waals surface area contributed by atoms with Gasteiger partial charge in [0, 0.05) is 30.6 Å². The van der Waals surface area contributed by atoms with Crippen molar-refractivity contribution in [2.45, 2.75) is 18.7 Å². The molecule has 1 aromatic carbocycles. The van der Waals surface area contributed by atoms with E-state index >= 15 is 0 Å². The Morgan fingerprint density at radius 1 is 1.22 bits per heavy atom. The van der Waals surface area contributed by atoms with Gasteiger partial charge in [0.05, 0.1) is 10.4 Å². The molecule has 2 aromatic rings. The molecule has 8 heteroatoms. The molecule has 0 spiro atoms. The van der Waals surface area contributed by atoms with E-state index in [1.54, 1.807) is 12.1 Å². The predicted octanol–water partition coefficient (Wildman–Crippen LogP) is 1.22. The third-order valence-corrected chi connectivity index (χ3v) is 4.39. The fourth-order valence-electron chi connectivity index (χ4n) is 1.98. The van der Waals surface area contributed by atoms with Crippen LogP contribution in [0.2, 0.25) is 0 Å². The first kappa shape index (κ1) is 17.1. The van der Waals surface area contributed by atoms with Crippen molar-refractivity contribution in [2.75, 3.05) is 24.7 Å². The smallest absolute Gasteiger partial charge is 0.222 e. The molecule has 0 atom stereocenters. The van der Waals surface area contributed by atoms with Crippen molar-refractivity contribution in [2.24, 2.45) is 5.92 Å². The molecule has 0 saturated carbocycles. The monoisotopic (exact) mass is 336 g/mol. The van der Waals surface area contributed by atoms with Crippen LogP contribution < -0.4 is 10.6 Å². The Balaban J connectivity index is 2.15. The number of hydrogen-bond acceptors (Lipinski definition) is 6. The van der Waals surface area contributed by atoms with Crippen LogP contribution in [0, 0.1) is 5.92 Å². The SMILES string of the molecule is CC(C)C(=O)NCCNc1ncnc2ccc(S(C)(=O)=O)cc12. The first-order valence-corrected chi connectivity index (χ1v) is 9.14. The number of sulfone groups is 1. The summed E-state index contributed by atoms with van der Waals surface area (Å²) in [6, 6.07) is 4.73. The molecule has 7 nitrogen and oxygen atoms in total. The fraction of sp³-hybridized carbons (Fsp3) is 0.400. The van der Waals surface area contributed by atoms with E-state index in [9.17, 15) is 13.2 Å². The van der Waals surface area contributed by atoms with Gasteiger partial charge >= 0.3 is 0 Å². The second kappa shape index (κ2) is 6.91. The highest BCUT2D eigenvalue weighted by Crippen LogP contribution is 2.22. The number of nitrogens with one attached hydrogen (secondary N) is 2. The minimum atomic E-state index is -3.30. The summed E-state index contributed by atoms with van der Waals surface area (Å²) in [5.74, 6) is 0.463. The highest BCUT2D eigenvalue weighted by atomic mass is 32.2. The van der Waals surface area contributed by atoms with Crippen LogP contribution in [-0.4, -0.2) is 43.6 Å². The Morgan fingerprint density at radius 2 is 1.96 bits per heavy atom. The number of amides is 1. The predicted molar refractivity (Wildman–Crippen MR) is 89.0 cm³/mol.